The third-order valence-electron chi connectivity index (χ3n) is 4.40. The van der Waals surface area contributed by atoms with Crippen molar-refractivity contribution in [3.8, 4) is 0 Å². The second-order valence-corrected chi connectivity index (χ2v) is 6.07. The van der Waals surface area contributed by atoms with Crippen molar-refractivity contribution in [1.82, 2.24) is 19.6 Å². The van der Waals surface area contributed by atoms with Gasteiger partial charge in [0.05, 0.1) is 12.2 Å². The van der Waals surface area contributed by atoms with Gasteiger partial charge < -0.3 is 5.73 Å². The second kappa shape index (κ2) is 6.70. The molecule has 2 rings (SSSR count). The highest BCUT2D eigenvalue weighted by Crippen LogP contribution is 2.23. The molecule has 20 heavy (non-hydrogen) atoms. The van der Waals surface area contributed by atoms with Crippen LogP contribution in [0.15, 0.2) is 12.4 Å². The van der Waals surface area contributed by atoms with Gasteiger partial charge in [0, 0.05) is 50.0 Å². The molecule has 114 valence electrons. The van der Waals surface area contributed by atoms with E-state index in [1.54, 1.807) is 0 Å². The number of hydrogen-bond acceptors (Lipinski definition) is 4. The molecule has 0 amide bonds. The first-order valence-corrected chi connectivity index (χ1v) is 7.79. The Kier molecular flexibility index (Phi) is 5.18. The standard InChI is InChI=1S/C15H29N5/c1-5-18-6-7-19(10-13(18)4)15(8-16)14-9-17-20(11-14)12(2)3/h9,11-13,15H,5-8,10,16H2,1-4H3. The number of likely N-dealkylation sites (N-methyl/N-ethyl adjacent to an activating group) is 1. The maximum atomic E-state index is 6.04. The summed E-state index contributed by atoms with van der Waals surface area (Å²) in [6, 6.07) is 1.30. The molecule has 0 aliphatic carbocycles. The molecule has 1 aromatic heterocycles. The van der Waals surface area contributed by atoms with Crippen molar-refractivity contribution in [3.63, 3.8) is 0 Å². The monoisotopic (exact) mass is 279 g/mol. The minimum absolute atomic E-state index is 0.295. The molecule has 2 N–H and O–H groups in total. The summed E-state index contributed by atoms with van der Waals surface area (Å²) in [5, 5.41) is 4.45. The van der Waals surface area contributed by atoms with Crippen molar-refractivity contribution in [2.45, 2.75) is 45.8 Å². The molecule has 0 bridgehead atoms. The zero-order chi connectivity index (χ0) is 14.7. The lowest BCUT2D eigenvalue weighted by Crippen LogP contribution is -2.53. The van der Waals surface area contributed by atoms with E-state index in [9.17, 15) is 0 Å². The number of nitrogens with two attached hydrogens (primary N) is 1. The minimum atomic E-state index is 0.295. The second-order valence-electron chi connectivity index (χ2n) is 6.07. The normalized spacial score (nSPS) is 23.4. The van der Waals surface area contributed by atoms with Crippen LogP contribution in [0.1, 0.15) is 45.3 Å². The highest BCUT2D eigenvalue weighted by Gasteiger charge is 2.28. The Morgan fingerprint density at radius 2 is 2.15 bits per heavy atom. The number of aromatic nitrogens is 2. The van der Waals surface area contributed by atoms with Gasteiger partial charge in [0.2, 0.25) is 0 Å². The number of rotatable bonds is 5. The first kappa shape index (κ1) is 15.5. The molecule has 2 atom stereocenters. The molecule has 0 radical (unpaired) electrons. The van der Waals surface area contributed by atoms with Crippen LogP contribution < -0.4 is 5.73 Å². The SMILES string of the molecule is CCN1CCN(C(CN)c2cnn(C(C)C)c2)CC1C. The van der Waals surface area contributed by atoms with Crippen molar-refractivity contribution in [1.29, 1.82) is 0 Å². The van der Waals surface area contributed by atoms with Crippen LogP contribution in [0, 0.1) is 0 Å². The molecular weight excluding hydrogens is 250 g/mol. The minimum Gasteiger partial charge on any atom is -0.329 e. The molecule has 2 heterocycles. The molecule has 1 aliphatic heterocycles. The molecular formula is C15H29N5. The van der Waals surface area contributed by atoms with Crippen LogP contribution in [-0.2, 0) is 0 Å². The van der Waals surface area contributed by atoms with Gasteiger partial charge in [-0.3, -0.25) is 14.5 Å². The first-order valence-electron chi connectivity index (χ1n) is 7.79. The Morgan fingerprint density at radius 1 is 1.40 bits per heavy atom. The molecule has 1 fully saturated rings. The van der Waals surface area contributed by atoms with Crippen molar-refractivity contribution in [2.24, 2.45) is 5.73 Å². The van der Waals surface area contributed by atoms with Crippen LogP contribution in [0.2, 0.25) is 0 Å². The van der Waals surface area contributed by atoms with Gasteiger partial charge in [-0.2, -0.15) is 5.10 Å². The largest absolute Gasteiger partial charge is 0.329 e. The van der Waals surface area contributed by atoms with Gasteiger partial charge in [0.1, 0.15) is 0 Å². The topological polar surface area (TPSA) is 50.3 Å². The van der Waals surface area contributed by atoms with Crippen LogP contribution >= 0.6 is 0 Å². The molecule has 1 aliphatic rings. The lowest BCUT2D eigenvalue weighted by atomic mass is 10.1. The maximum Gasteiger partial charge on any atom is 0.0538 e. The summed E-state index contributed by atoms with van der Waals surface area (Å²) in [4.78, 5) is 5.04. The van der Waals surface area contributed by atoms with Crippen molar-refractivity contribution in [2.75, 3.05) is 32.7 Å². The van der Waals surface area contributed by atoms with E-state index in [1.807, 2.05) is 10.9 Å². The molecule has 5 nitrogen and oxygen atoms in total. The van der Waals surface area contributed by atoms with Gasteiger partial charge in [-0.25, -0.2) is 0 Å². The summed E-state index contributed by atoms with van der Waals surface area (Å²) in [5.74, 6) is 0. The number of piperazine rings is 1. The van der Waals surface area contributed by atoms with E-state index < -0.39 is 0 Å². The molecule has 1 saturated heterocycles. The van der Waals surface area contributed by atoms with Crippen LogP contribution in [0.25, 0.3) is 0 Å². The van der Waals surface area contributed by atoms with Crippen molar-refractivity contribution in [3.05, 3.63) is 18.0 Å². The highest BCUT2D eigenvalue weighted by atomic mass is 15.3. The Balaban J connectivity index is 2.08. The molecule has 0 saturated carbocycles. The van der Waals surface area contributed by atoms with Crippen molar-refractivity contribution < 1.29 is 0 Å². The van der Waals surface area contributed by atoms with E-state index in [2.05, 4.69) is 48.8 Å². The molecule has 0 aromatic carbocycles. The molecule has 2 unspecified atom stereocenters. The van der Waals surface area contributed by atoms with E-state index in [4.69, 9.17) is 5.73 Å². The maximum absolute atomic E-state index is 6.04. The van der Waals surface area contributed by atoms with Crippen LogP contribution in [0.3, 0.4) is 0 Å². The average molecular weight is 279 g/mol. The summed E-state index contributed by atoms with van der Waals surface area (Å²) < 4.78 is 2.02. The third-order valence-corrected chi connectivity index (χ3v) is 4.40. The first-order chi connectivity index (χ1) is 9.56. The average Bonchev–Trinajstić information content (AvgIpc) is 2.89. The molecule has 5 heteroatoms. The Labute approximate surface area is 122 Å². The van der Waals surface area contributed by atoms with Crippen LogP contribution in [-0.4, -0.2) is 58.3 Å². The Hall–Kier alpha value is -0.910. The smallest absolute Gasteiger partial charge is 0.0538 e. The van der Waals surface area contributed by atoms with Gasteiger partial charge in [-0.15, -0.1) is 0 Å². The van der Waals surface area contributed by atoms with Crippen LogP contribution in [0.4, 0.5) is 0 Å². The number of hydrogen-bond donors (Lipinski definition) is 1. The fourth-order valence-corrected chi connectivity index (χ4v) is 3.08. The predicted molar refractivity (Wildman–Crippen MR) is 82.7 cm³/mol. The van der Waals surface area contributed by atoms with Gasteiger partial charge in [-0.1, -0.05) is 6.92 Å². The Bertz CT molecular complexity index is 414. The van der Waals surface area contributed by atoms with E-state index in [-0.39, 0.29) is 0 Å². The number of nitrogens with zero attached hydrogens (tertiary/aromatic N) is 4. The van der Waals surface area contributed by atoms with E-state index in [1.165, 1.54) is 5.56 Å². The van der Waals surface area contributed by atoms with E-state index >= 15 is 0 Å². The van der Waals surface area contributed by atoms with Crippen LogP contribution in [0.5, 0.6) is 0 Å². The molecule has 0 spiro atoms. The Morgan fingerprint density at radius 3 is 2.65 bits per heavy atom. The zero-order valence-electron chi connectivity index (χ0n) is 13.3. The fourth-order valence-electron chi connectivity index (χ4n) is 3.08. The van der Waals surface area contributed by atoms with Gasteiger partial charge in [0.25, 0.3) is 0 Å². The summed E-state index contributed by atoms with van der Waals surface area (Å²) in [6.45, 7) is 13.9. The lowest BCUT2D eigenvalue weighted by Gasteiger charge is -2.42. The van der Waals surface area contributed by atoms with Gasteiger partial charge in [0.15, 0.2) is 0 Å². The quantitative estimate of drug-likeness (QED) is 0.887. The predicted octanol–water partition coefficient (Wildman–Crippen LogP) is 1.49. The van der Waals surface area contributed by atoms with E-state index in [0.717, 1.165) is 26.2 Å². The van der Waals surface area contributed by atoms with E-state index in [0.29, 0.717) is 24.7 Å². The van der Waals surface area contributed by atoms with Gasteiger partial charge >= 0.3 is 0 Å². The molecule has 1 aromatic rings. The van der Waals surface area contributed by atoms with Gasteiger partial charge in [-0.05, 0) is 27.3 Å². The third kappa shape index (κ3) is 3.22. The summed E-state index contributed by atoms with van der Waals surface area (Å²) in [6.07, 6.45) is 4.13. The zero-order valence-corrected chi connectivity index (χ0v) is 13.3. The fraction of sp³-hybridized carbons (Fsp3) is 0.800. The summed E-state index contributed by atoms with van der Waals surface area (Å²) in [5.41, 5.74) is 7.29. The lowest BCUT2D eigenvalue weighted by molar-refractivity contribution is 0.0606. The summed E-state index contributed by atoms with van der Waals surface area (Å²) in [7, 11) is 0. The van der Waals surface area contributed by atoms with Crippen molar-refractivity contribution >= 4 is 0 Å². The highest BCUT2D eigenvalue weighted by molar-refractivity contribution is 5.12. The summed E-state index contributed by atoms with van der Waals surface area (Å²) >= 11 is 0.